The molecule has 0 spiro atoms. The Hall–Kier alpha value is -5.72. The normalized spacial score (nSPS) is 28.6. The highest BCUT2D eigenvalue weighted by Gasteiger charge is 2.50. The number of hydrogen-bond acceptors (Lipinski definition) is 26. The average Bonchev–Trinajstić information content (AvgIpc) is 1.64. The van der Waals surface area contributed by atoms with Crippen LogP contribution in [0.4, 0.5) is 0 Å². The maximum atomic E-state index is 11.7. The molecule has 516 valence electrons. The Morgan fingerprint density at radius 3 is 1.26 bits per heavy atom. The van der Waals surface area contributed by atoms with Gasteiger partial charge >= 0.3 is 30.4 Å². The first-order valence-electron chi connectivity index (χ1n) is 28.9. The van der Waals surface area contributed by atoms with Gasteiger partial charge in [-0.3, -0.25) is 46.0 Å². The number of aromatic amines is 2. The van der Waals surface area contributed by atoms with Crippen LogP contribution in [0.3, 0.4) is 0 Å². The number of aromatic nitrogens is 12. The van der Waals surface area contributed by atoms with Crippen LogP contribution < -0.4 is 11.1 Å². The number of hydrogen-bond donors (Lipinski definition) is 8. The van der Waals surface area contributed by atoms with E-state index in [0.717, 1.165) is 53.2 Å². The number of rotatable bonds is 20. The van der Waals surface area contributed by atoms with E-state index in [-0.39, 0.29) is 48.3 Å². The van der Waals surface area contributed by atoms with Gasteiger partial charge in [0.25, 0.3) is 11.1 Å². The first-order chi connectivity index (χ1) is 44.4. The Morgan fingerprint density at radius 1 is 0.479 bits per heavy atom. The van der Waals surface area contributed by atoms with Gasteiger partial charge in [0.1, 0.15) is 61.3 Å². The third-order valence-corrected chi connectivity index (χ3v) is 17.7. The standard InChI is InChI=1S/C15H21N2O6P.C15H21N2O5P.C12H17N4O7P.C12H17N4O6P/c1-9-5-4-6-10-12(9)16-8-17(10)15-13(18)14(23-24(3,19)20)11(22-15)7-21-2;1-10-5-4-6-11-15(10)16-9-17(11)14-7-12(22-23(3,18)19)13(21-14)8-20-2;1-21-3-6-9(23-24(2,19)20)8(17)12(22-6)16-5-15-7-10(16)13-4-14-11(7)18;1-20-4-8-7(22-23(2,18)19)3-9(21-8)16-6-15-10-11(16)13-5-14-12(10)17/h4-6,8,11,13-15,18H,7H2,1-3H3,(H,19,20);4-6,9,12-14H,7-8H2,1-3H3,(H,18,19);4-6,8-9,12,17H,3H2,1-2H3,(H,19,20)(H,13,14,18);5-9H,3-4H2,1-2H3,(H,18,19)(H,13,14,17)/t11-,13+,14?,15-;12?,13-,14-;6-,8+,9?,12-;7?,8-,9-/m1111/s1. The van der Waals surface area contributed by atoms with Crippen molar-refractivity contribution >= 4 is 74.8 Å². The minimum Gasteiger partial charge on any atom is -0.386 e. The molecule has 4 saturated heterocycles. The van der Waals surface area contributed by atoms with Gasteiger partial charge in [-0.05, 0) is 37.1 Å². The quantitative estimate of drug-likeness (QED) is 0.0507. The molecule has 10 heterocycles. The molecular formula is C54H76N12O24P4. The number of nitrogens with zero attached hydrogens (tertiary/aromatic N) is 10. The lowest BCUT2D eigenvalue weighted by atomic mass is 10.1. The maximum Gasteiger partial charge on any atom is 0.325 e. The lowest BCUT2D eigenvalue weighted by molar-refractivity contribution is -0.0571. The van der Waals surface area contributed by atoms with Crippen LogP contribution in [0.15, 0.2) is 84.0 Å². The largest absolute Gasteiger partial charge is 0.386 e. The molecular weight excluding hydrogens is 1320 g/mol. The van der Waals surface area contributed by atoms with Crippen LogP contribution in [-0.4, -0.2) is 230 Å². The summed E-state index contributed by atoms with van der Waals surface area (Å²) in [6.45, 7) is 9.03. The number of imidazole rings is 4. The summed E-state index contributed by atoms with van der Waals surface area (Å²) >= 11 is 0. The van der Waals surface area contributed by atoms with Crippen molar-refractivity contribution in [2.24, 2.45) is 0 Å². The number of fused-ring (bicyclic) bond motifs is 4. The van der Waals surface area contributed by atoms with Crippen LogP contribution in [0.1, 0.15) is 48.9 Å². The highest BCUT2D eigenvalue weighted by molar-refractivity contribution is 7.52. The molecule has 0 aliphatic carbocycles. The minimum absolute atomic E-state index is 0.0405. The Morgan fingerprint density at radius 2 is 0.830 bits per heavy atom. The van der Waals surface area contributed by atoms with Crippen molar-refractivity contribution in [1.29, 1.82) is 0 Å². The number of aryl methyl sites for hydroxylation is 2. The molecule has 8 N–H and O–H groups in total. The van der Waals surface area contributed by atoms with Crippen LogP contribution in [0.2, 0.25) is 0 Å². The highest BCUT2D eigenvalue weighted by atomic mass is 31.2. The second kappa shape index (κ2) is 30.4. The van der Waals surface area contributed by atoms with Crippen LogP contribution in [0.25, 0.3) is 44.4 Å². The van der Waals surface area contributed by atoms with Crippen molar-refractivity contribution < 1.29 is 104 Å². The third-order valence-electron chi connectivity index (χ3n) is 15.1. The van der Waals surface area contributed by atoms with Crippen molar-refractivity contribution in [2.45, 2.75) is 113 Å². The molecule has 0 saturated carbocycles. The van der Waals surface area contributed by atoms with Gasteiger partial charge in [0.15, 0.2) is 34.8 Å². The number of H-pyrrole nitrogens is 2. The van der Waals surface area contributed by atoms with E-state index < -0.39 is 116 Å². The van der Waals surface area contributed by atoms with Gasteiger partial charge in [-0.2, -0.15) is 0 Å². The average molecular weight is 1400 g/mol. The molecule has 36 nitrogen and oxygen atoms in total. The zero-order chi connectivity index (χ0) is 68.2. The van der Waals surface area contributed by atoms with E-state index in [2.05, 4.69) is 39.9 Å². The molecule has 2 aromatic carbocycles. The van der Waals surface area contributed by atoms with Gasteiger partial charge in [-0.1, -0.05) is 24.3 Å². The summed E-state index contributed by atoms with van der Waals surface area (Å²) < 4.78 is 117. The smallest absolute Gasteiger partial charge is 0.325 e. The van der Waals surface area contributed by atoms with Gasteiger partial charge in [0.05, 0.1) is 98.7 Å². The molecule has 0 radical (unpaired) electrons. The van der Waals surface area contributed by atoms with Gasteiger partial charge in [-0.15, -0.1) is 0 Å². The van der Waals surface area contributed by atoms with Crippen LogP contribution in [-0.2, 0) is 74.3 Å². The predicted octanol–water partition coefficient (Wildman–Crippen LogP) is 3.41. The van der Waals surface area contributed by atoms with Gasteiger partial charge < -0.3 is 95.8 Å². The van der Waals surface area contributed by atoms with E-state index in [0.29, 0.717) is 25.1 Å². The Balaban J connectivity index is 0.000000148. The van der Waals surface area contributed by atoms with Crippen molar-refractivity contribution in [3.63, 3.8) is 0 Å². The monoisotopic (exact) mass is 1400 g/mol. The zero-order valence-electron chi connectivity index (χ0n) is 52.5. The fourth-order valence-corrected chi connectivity index (χ4v) is 14.1. The van der Waals surface area contributed by atoms with E-state index in [9.17, 15) is 57.6 Å². The van der Waals surface area contributed by atoms with E-state index in [1.807, 2.05) is 54.8 Å². The van der Waals surface area contributed by atoms with Gasteiger partial charge in [0, 0.05) is 67.9 Å². The second-order valence-corrected chi connectivity index (χ2v) is 29.9. The molecule has 0 bridgehead atoms. The first-order valence-corrected chi connectivity index (χ1v) is 37.0. The predicted molar refractivity (Wildman–Crippen MR) is 332 cm³/mol. The van der Waals surface area contributed by atoms with Crippen LogP contribution in [0, 0.1) is 13.8 Å². The number of benzene rings is 2. The van der Waals surface area contributed by atoms with Crippen molar-refractivity contribution in [3.8, 4) is 0 Å². The lowest BCUT2D eigenvalue weighted by Crippen LogP contribution is -2.35. The van der Waals surface area contributed by atoms with E-state index in [4.69, 9.17) is 56.0 Å². The van der Waals surface area contributed by atoms with Crippen molar-refractivity contribution in [1.82, 2.24) is 58.1 Å². The second-order valence-electron chi connectivity index (χ2n) is 22.6. The summed E-state index contributed by atoms with van der Waals surface area (Å²) in [6.07, 6.45) is -1.22. The highest BCUT2D eigenvalue weighted by Crippen LogP contribution is 2.48. The molecule has 12 rings (SSSR count). The Labute approximate surface area is 535 Å². The number of para-hydroxylation sites is 2. The van der Waals surface area contributed by atoms with Crippen molar-refractivity contribution in [2.75, 3.05) is 81.5 Å². The molecule has 8 unspecified atom stereocenters. The molecule has 18 atom stereocenters. The van der Waals surface area contributed by atoms with E-state index in [1.165, 1.54) is 57.9 Å². The van der Waals surface area contributed by atoms with Crippen molar-refractivity contribution in [3.05, 3.63) is 106 Å². The molecule has 0 amide bonds. The molecule has 4 fully saturated rings. The summed E-state index contributed by atoms with van der Waals surface area (Å²) in [5.41, 5.74) is 5.70. The number of aliphatic hydroxyl groups excluding tert-OH is 2. The summed E-state index contributed by atoms with van der Waals surface area (Å²) in [7, 11) is -8.93. The summed E-state index contributed by atoms with van der Waals surface area (Å²) in [4.78, 5) is 91.1. The zero-order valence-corrected chi connectivity index (χ0v) is 56.1. The fraction of sp³-hybridized carbons (Fsp3) is 0.556. The van der Waals surface area contributed by atoms with E-state index >= 15 is 0 Å². The molecule has 6 aromatic heterocycles. The summed E-state index contributed by atoms with van der Waals surface area (Å²) in [5.74, 6) is 0. The van der Waals surface area contributed by atoms with Gasteiger partial charge in [-0.25, -0.2) is 29.9 Å². The topological polar surface area (TPSA) is 463 Å². The summed E-state index contributed by atoms with van der Waals surface area (Å²) in [5, 5.41) is 21.1. The number of ether oxygens (including phenoxy) is 8. The summed E-state index contributed by atoms with van der Waals surface area (Å²) in [6, 6.07) is 11.7. The SMILES string of the molecule is COC[C@H]1O[C@@H](n2cnc3c(=O)[nH]cnc32)CC1OP(C)(=O)O.COC[C@H]1O[C@@H](n2cnc3c(=O)[nH]cnc32)[C@@H](O)C1OP(C)(=O)O.COC[C@H]1O[C@@H](n2cnc3c(C)cccc32)CC1OP(C)(=O)O.COC[C@H]1O[C@@H](n2cnc3c(C)cccc32)[C@@H](O)C1OP(C)(=O)O. The number of nitrogens with one attached hydrogen (secondary N) is 2. The fourth-order valence-electron chi connectivity index (χ4n) is 11.3. The lowest BCUT2D eigenvalue weighted by Gasteiger charge is -2.21. The minimum atomic E-state index is -3.86. The third kappa shape index (κ3) is 17.3. The van der Waals surface area contributed by atoms with Gasteiger partial charge in [0.2, 0.25) is 0 Å². The maximum absolute atomic E-state index is 11.7. The number of methoxy groups -OCH3 is 4. The molecule has 4 aliphatic heterocycles. The van der Waals surface area contributed by atoms with Crippen LogP contribution >= 0.6 is 30.4 Å². The Bertz CT molecular complexity index is 4200. The Kier molecular flexibility index (Phi) is 23.4. The molecule has 94 heavy (non-hydrogen) atoms. The first kappa shape index (κ1) is 72.5. The van der Waals surface area contributed by atoms with E-state index in [1.54, 1.807) is 28.9 Å². The number of aliphatic hydroxyl groups is 2. The van der Waals surface area contributed by atoms with Crippen LogP contribution in [0.5, 0.6) is 0 Å². The molecule has 8 aromatic rings. The molecule has 40 heteroatoms. The molecule has 4 aliphatic rings.